The molecule has 1 amide bonds. The van der Waals surface area contributed by atoms with Crippen LogP contribution < -0.4 is 5.73 Å². The molecular weight excluding hydrogens is 256 g/mol. The van der Waals surface area contributed by atoms with E-state index in [1.165, 1.54) is 0 Å². The van der Waals surface area contributed by atoms with Crippen molar-refractivity contribution in [2.45, 2.75) is 58.2 Å². The maximum Gasteiger partial charge on any atom is 0.222 e. The van der Waals surface area contributed by atoms with Crippen LogP contribution in [0.5, 0.6) is 0 Å². The summed E-state index contributed by atoms with van der Waals surface area (Å²) in [6.07, 6.45) is 3.24. The summed E-state index contributed by atoms with van der Waals surface area (Å²) in [5, 5.41) is 9.27. The molecule has 0 spiro atoms. The molecule has 0 aliphatic carbocycles. The van der Waals surface area contributed by atoms with Crippen LogP contribution in [0.3, 0.4) is 0 Å². The third kappa shape index (κ3) is 5.38. The normalized spacial score (nSPS) is 23.6. The third-order valence-corrected chi connectivity index (χ3v) is 3.96. The largest absolute Gasteiger partial charge is 0.394 e. The zero-order valence-corrected chi connectivity index (χ0v) is 13.1. The van der Waals surface area contributed by atoms with E-state index in [0.29, 0.717) is 32.0 Å². The minimum absolute atomic E-state index is 0.0437. The zero-order valence-electron chi connectivity index (χ0n) is 13.1. The van der Waals surface area contributed by atoms with Crippen LogP contribution in [0.4, 0.5) is 0 Å². The SMILES string of the molecule is CCC(CCN)CCC(=O)N1CC(CO)OC(C)(C)C1. The number of ether oxygens (including phenoxy) is 1. The molecule has 1 heterocycles. The summed E-state index contributed by atoms with van der Waals surface area (Å²) in [7, 11) is 0. The Morgan fingerprint density at radius 1 is 1.50 bits per heavy atom. The van der Waals surface area contributed by atoms with Gasteiger partial charge in [0, 0.05) is 19.5 Å². The van der Waals surface area contributed by atoms with Gasteiger partial charge < -0.3 is 20.5 Å². The summed E-state index contributed by atoms with van der Waals surface area (Å²) in [5.41, 5.74) is 5.20. The zero-order chi connectivity index (χ0) is 15.2. The Morgan fingerprint density at radius 3 is 2.75 bits per heavy atom. The van der Waals surface area contributed by atoms with E-state index in [9.17, 15) is 9.90 Å². The van der Waals surface area contributed by atoms with Gasteiger partial charge in [-0.05, 0) is 39.2 Å². The van der Waals surface area contributed by atoms with Crippen molar-refractivity contribution < 1.29 is 14.6 Å². The van der Waals surface area contributed by atoms with Crippen molar-refractivity contribution in [2.24, 2.45) is 11.7 Å². The van der Waals surface area contributed by atoms with E-state index in [0.717, 1.165) is 19.3 Å². The van der Waals surface area contributed by atoms with Crippen LogP contribution in [0.1, 0.15) is 46.5 Å². The Balaban J connectivity index is 2.49. The lowest BCUT2D eigenvalue weighted by atomic mass is 9.96. The van der Waals surface area contributed by atoms with Gasteiger partial charge in [0.15, 0.2) is 0 Å². The van der Waals surface area contributed by atoms with E-state index in [2.05, 4.69) is 6.92 Å². The molecule has 118 valence electrons. The van der Waals surface area contributed by atoms with Gasteiger partial charge in [-0.2, -0.15) is 0 Å². The second-order valence-electron chi connectivity index (χ2n) is 6.35. The van der Waals surface area contributed by atoms with E-state index in [1.54, 1.807) is 0 Å². The average molecular weight is 286 g/mol. The van der Waals surface area contributed by atoms with Gasteiger partial charge in [-0.25, -0.2) is 0 Å². The van der Waals surface area contributed by atoms with Gasteiger partial charge >= 0.3 is 0 Å². The molecule has 0 aromatic heterocycles. The molecule has 0 saturated carbocycles. The first-order valence-corrected chi connectivity index (χ1v) is 7.68. The van der Waals surface area contributed by atoms with Gasteiger partial charge in [-0.1, -0.05) is 13.3 Å². The van der Waals surface area contributed by atoms with Gasteiger partial charge in [-0.15, -0.1) is 0 Å². The van der Waals surface area contributed by atoms with Crippen molar-refractivity contribution in [3.05, 3.63) is 0 Å². The molecule has 5 heteroatoms. The van der Waals surface area contributed by atoms with E-state index in [1.807, 2.05) is 18.7 Å². The molecule has 1 fully saturated rings. The second-order valence-corrected chi connectivity index (χ2v) is 6.35. The maximum atomic E-state index is 12.3. The van der Waals surface area contributed by atoms with E-state index >= 15 is 0 Å². The van der Waals surface area contributed by atoms with Crippen LogP contribution in [-0.4, -0.2) is 53.9 Å². The number of amides is 1. The number of carbonyl (C=O) groups is 1. The van der Waals surface area contributed by atoms with Gasteiger partial charge in [0.05, 0.1) is 18.3 Å². The van der Waals surface area contributed by atoms with Gasteiger partial charge in [-0.3, -0.25) is 4.79 Å². The Kier molecular flexibility index (Phi) is 6.92. The van der Waals surface area contributed by atoms with Crippen LogP contribution in [-0.2, 0) is 9.53 Å². The lowest BCUT2D eigenvalue weighted by Gasteiger charge is -2.42. The smallest absolute Gasteiger partial charge is 0.222 e. The number of aliphatic hydroxyl groups is 1. The fourth-order valence-corrected chi connectivity index (χ4v) is 2.85. The van der Waals surface area contributed by atoms with Crippen LogP contribution in [0.15, 0.2) is 0 Å². The predicted octanol–water partition coefficient (Wildman–Crippen LogP) is 1.14. The highest BCUT2D eigenvalue weighted by Crippen LogP contribution is 2.23. The third-order valence-electron chi connectivity index (χ3n) is 3.96. The topological polar surface area (TPSA) is 75.8 Å². The van der Waals surface area contributed by atoms with Crippen molar-refractivity contribution >= 4 is 5.91 Å². The summed E-state index contributed by atoms with van der Waals surface area (Å²) in [6.45, 7) is 7.78. The highest BCUT2D eigenvalue weighted by atomic mass is 16.5. The molecule has 1 aliphatic rings. The molecule has 2 atom stereocenters. The lowest BCUT2D eigenvalue weighted by molar-refractivity contribution is -0.167. The monoisotopic (exact) mass is 286 g/mol. The molecule has 2 unspecified atom stereocenters. The first-order valence-electron chi connectivity index (χ1n) is 7.68. The number of hydrogen-bond donors (Lipinski definition) is 2. The summed E-state index contributed by atoms with van der Waals surface area (Å²) < 4.78 is 5.73. The first kappa shape index (κ1) is 17.4. The maximum absolute atomic E-state index is 12.3. The molecule has 0 bridgehead atoms. The number of morpholine rings is 1. The Bertz CT molecular complexity index is 307. The molecular formula is C15H30N2O3. The summed E-state index contributed by atoms with van der Waals surface area (Å²) in [4.78, 5) is 14.2. The Hall–Kier alpha value is -0.650. The minimum Gasteiger partial charge on any atom is -0.394 e. The van der Waals surface area contributed by atoms with Crippen molar-refractivity contribution in [1.82, 2.24) is 4.90 Å². The number of carbonyl (C=O) groups excluding carboxylic acids is 1. The van der Waals surface area contributed by atoms with Crippen molar-refractivity contribution in [3.63, 3.8) is 0 Å². The highest BCUT2D eigenvalue weighted by Gasteiger charge is 2.35. The number of rotatable bonds is 7. The molecule has 5 nitrogen and oxygen atoms in total. The first-order chi connectivity index (χ1) is 9.41. The number of hydrogen-bond acceptors (Lipinski definition) is 4. The molecule has 3 N–H and O–H groups in total. The summed E-state index contributed by atoms with van der Waals surface area (Å²) >= 11 is 0. The molecule has 20 heavy (non-hydrogen) atoms. The molecule has 0 aromatic carbocycles. The van der Waals surface area contributed by atoms with Crippen LogP contribution in [0.25, 0.3) is 0 Å². The molecule has 1 aliphatic heterocycles. The number of nitrogens with two attached hydrogens (primary N) is 1. The van der Waals surface area contributed by atoms with Crippen molar-refractivity contribution in [3.8, 4) is 0 Å². The fraction of sp³-hybridized carbons (Fsp3) is 0.933. The number of aliphatic hydroxyl groups excluding tert-OH is 1. The van der Waals surface area contributed by atoms with Crippen LogP contribution >= 0.6 is 0 Å². The predicted molar refractivity (Wildman–Crippen MR) is 79.3 cm³/mol. The molecule has 1 rings (SSSR count). The lowest BCUT2D eigenvalue weighted by Crippen LogP contribution is -2.55. The van der Waals surface area contributed by atoms with Crippen LogP contribution in [0, 0.1) is 5.92 Å². The van der Waals surface area contributed by atoms with E-state index < -0.39 is 0 Å². The van der Waals surface area contributed by atoms with Gasteiger partial charge in [0.2, 0.25) is 5.91 Å². The molecule has 1 saturated heterocycles. The molecule has 0 aromatic rings. The average Bonchev–Trinajstić information content (AvgIpc) is 2.41. The standard InChI is InChI=1S/C15H30N2O3/c1-4-12(7-8-16)5-6-14(19)17-9-13(10-18)20-15(2,3)11-17/h12-13,18H,4-11,16H2,1-3H3. The van der Waals surface area contributed by atoms with Gasteiger partial charge in [0.25, 0.3) is 0 Å². The fourth-order valence-electron chi connectivity index (χ4n) is 2.85. The summed E-state index contributed by atoms with van der Waals surface area (Å²) in [6, 6.07) is 0. The quantitative estimate of drug-likeness (QED) is 0.736. The molecule has 0 radical (unpaired) electrons. The highest BCUT2D eigenvalue weighted by molar-refractivity contribution is 5.76. The van der Waals surface area contributed by atoms with E-state index in [-0.39, 0.29) is 24.2 Å². The van der Waals surface area contributed by atoms with Crippen LogP contribution in [0.2, 0.25) is 0 Å². The summed E-state index contributed by atoms with van der Waals surface area (Å²) in [5.74, 6) is 0.696. The Morgan fingerprint density at radius 2 is 2.20 bits per heavy atom. The van der Waals surface area contributed by atoms with E-state index in [4.69, 9.17) is 10.5 Å². The van der Waals surface area contributed by atoms with Crippen molar-refractivity contribution in [2.75, 3.05) is 26.2 Å². The van der Waals surface area contributed by atoms with Crippen molar-refractivity contribution in [1.29, 1.82) is 0 Å². The Labute approximate surface area is 122 Å². The number of nitrogens with zero attached hydrogens (tertiary/aromatic N) is 1. The minimum atomic E-state index is -0.386. The van der Waals surface area contributed by atoms with Gasteiger partial charge in [0.1, 0.15) is 0 Å². The second kappa shape index (κ2) is 7.96.